The van der Waals surface area contributed by atoms with Gasteiger partial charge in [0.05, 0.1) is 24.2 Å². The number of ether oxygens (including phenoxy) is 1. The van der Waals surface area contributed by atoms with Crippen LogP contribution in [0.5, 0.6) is 5.75 Å². The highest BCUT2D eigenvalue weighted by atomic mass is 16.5. The minimum atomic E-state index is 0.125. The van der Waals surface area contributed by atoms with Crippen molar-refractivity contribution in [1.29, 1.82) is 0 Å². The summed E-state index contributed by atoms with van der Waals surface area (Å²) >= 11 is 0. The van der Waals surface area contributed by atoms with Gasteiger partial charge in [-0.05, 0) is 44.0 Å². The summed E-state index contributed by atoms with van der Waals surface area (Å²) in [6.45, 7) is 3.81. The van der Waals surface area contributed by atoms with Crippen molar-refractivity contribution in [2.24, 2.45) is 0 Å². The van der Waals surface area contributed by atoms with Crippen molar-refractivity contribution in [2.45, 2.75) is 32.7 Å². The van der Waals surface area contributed by atoms with E-state index in [1.54, 1.807) is 0 Å². The van der Waals surface area contributed by atoms with Crippen LogP contribution >= 0.6 is 0 Å². The summed E-state index contributed by atoms with van der Waals surface area (Å²) in [6, 6.07) is 16.3. The van der Waals surface area contributed by atoms with Crippen molar-refractivity contribution in [3.8, 4) is 5.75 Å². The molecular weight excluding hydrogens is 300 g/mol. The van der Waals surface area contributed by atoms with Gasteiger partial charge in [-0.2, -0.15) is 0 Å². The number of aromatic nitrogens is 2. The minimum Gasteiger partial charge on any atom is -0.494 e. The van der Waals surface area contributed by atoms with Crippen molar-refractivity contribution in [1.82, 2.24) is 9.55 Å². The molecular formula is C20H24N2O2. The number of benzene rings is 2. The summed E-state index contributed by atoms with van der Waals surface area (Å²) < 4.78 is 8.00. The summed E-state index contributed by atoms with van der Waals surface area (Å²) in [4.78, 5) is 4.63. The highest BCUT2D eigenvalue weighted by molar-refractivity contribution is 5.75. The van der Waals surface area contributed by atoms with Gasteiger partial charge >= 0.3 is 0 Å². The van der Waals surface area contributed by atoms with Crippen LogP contribution in [-0.2, 0) is 13.0 Å². The Hall–Kier alpha value is -2.33. The van der Waals surface area contributed by atoms with E-state index in [2.05, 4.69) is 34.7 Å². The zero-order valence-corrected chi connectivity index (χ0v) is 14.1. The van der Waals surface area contributed by atoms with Gasteiger partial charge < -0.3 is 14.4 Å². The van der Waals surface area contributed by atoms with Crippen LogP contribution < -0.4 is 4.74 Å². The SMILES string of the molecule is Cc1ccc(OCCCCn2c(CCO)nc3ccccc32)cc1. The van der Waals surface area contributed by atoms with Gasteiger partial charge in [0.1, 0.15) is 11.6 Å². The third kappa shape index (κ3) is 3.95. The summed E-state index contributed by atoms with van der Waals surface area (Å²) in [5.41, 5.74) is 3.38. The Morgan fingerprint density at radius 1 is 1.04 bits per heavy atom. The van der Waals surface area contributed by atoms with E-state index in [1.807, 2.05) is 30.3 Å². The first-order chi connectivity index (χ1) is 11.8. The van der Waals surface area contributed by atoms with E-state index in [1.165, 1.54) is 5.56 Å². The van der Waals surface area contributed by atoms with Crippen LogP contribution in [0.3, 0.4) is 0 Å². The molecule has 0 aliphatic rings. The number of rotatable bonds is 8. The molecule has 0 aliphatic carbocycles. The summed E-state index contributed by atoms with van der Waals surface area (Å²) in [5.74, 6) is 1.88. The molecule has 1 N–H and O–H groups in total. The molecule has 2 aromatic carbocycles. The van der Waals surface area contributed by atoms with E-state index in [0.29, 0.717) is 13.0 Å². The molecule has 126 valence electrons. The van der Waals surface area contributed by atoms with Crippen LogP contribution in [0.4, 0.5) is 0 Å². The zero-order valence-electron chi connectivity index (χ0n) is 14.1. The maximum atomic E-state index is 9.25. The first-order valence-corrected chi connectivity index (χ1v) is 8.52. The molecule has 0 unspecified atom stereocenters. The van der Waals surface area contributed by atoms with E-state index in [-0.39, 0.29) is 6.61 Å². The number of unbranched alkanes of at least 4 members (excludes halogenated alkanes) is 1. The molecule has 0 radical (unpaired) electrons. The molecule has 0 bridgehead atoms. The second kappa shape index (κ2) is 7.97. The molecule has 24 heavy (non-hydrogen) atoms. The number of hydrogen-bond acceptors (Lipinski definition) is 3. The molecule has 3 rings (SSSR count). The van der Waals surface area contributed by atoms with Gasteiger partial charge in [-0.15, -0.1) is 0 Å². The first-order valence-electron chi connectivity index (χ1n) is 8.52. The fraction of sp³-hybridized carbons (Fsp3) is 0.350. The Labute approximate surface area is 142 Å². The van der Waals surface area contributed by atoms with Gasteiger partial charge in [-0.1, -0.05) is 29.8 Å². The Bertz CT molecular complexity index is 778. The maximum absolute atomic E-state index is 9.25. The smallest absolute Gasteiger partial charge is 0.119 e. The zero-order chi connectivity index (χ0) is 16.8. The molecule has 4 heteroatoms. The number of fused-ring (bicyclic) bond motifs is 1. The van der Waals surface area contributed by atoms with Crippen molar-refractivity contribution in [2.75, 3.05) is 13.2 Å². The molecule has 0 aliphatic heterocycles. The standard InChI is InChI=1S/C20H24N2O2/c1-16-8-10-17(11-9-16)24-15-5-4-13-22-19-7-3-2-6-18(19)21-20(22)12-14-23/h2-3,6-11,23H,4-5,12-15H2,1H3. The molecule has 3 aromatic rings. The molecule has 0 spiro atoms. The summed E-state index contributed by atoms with van der Waals surface area (Å²) in [6.07, 6.45) is 2.60. The van der Waals surface area contributed by atoms with Gasteiger partial charge in [0.15, 0.2) is 0 Å². The van der Waals surface area contributed by atoms with Gasteiger partial charge in [0, 0.05) is 13.0 Å². The van der Waals surface area contributed by atoms with Crippen molar-refractivity contribution in [3.63, 3.8) is 0 Å². The second-order valence-electron chi connectivity index (χ2n) is 6.01. The van der Waals surface area contributed by atoms with Crippen LogP contribution in [-0.4, -0.2) is 27.9 Å². The van der Waals surface area contributed by atoms with Crippen LogP contribution in [0.25, 0.3) is 11.0 Å². The lowest BCUT2D eigenvalue weighted by Crippen LogP contribution is -2.07. The van der Waals surface area contributed by atoms with Gasteiger partial charge in [-0.25, -0.2) is 4.98 Å². The molecule has 0 amide bonds. The Morgan fingerprint density at radius 3 is 2.62 bits per heavy atom. The maximum Gasteiger partial charge on any atom is 0.119 e. The molecule has 1 heterocycles. The fourth-order valence-corrected chi connectivity index (χ4v) is 2.86. The predicted molar refractivity (Wildman–Crippen MR) is 96.4 cm³/mol. The molecule has 0 fully saturated rings. The Balaban J connectivity index is 1.55. The second-order valence-corrected chi connectivity index (χ2v) is 6.01. The number of aryl methyl sites for hydroxylation is 2. The van der Waals surface area contributed by atoms with E-state index in [4.69, 9.17) is 4.74 Å². The lowest BCUT2D eigenvalue weighted by atomic mass is 10.2. The number of imidazole rings is 1. The highest BCUT2D eigenvalue weighted by Gasteiger charge is 2.09. The van der Waals surface area contributed by atoms with E-state index < -0.39 is 0 Å². The van der Waals surface area contributed by atoms with Crippen LogP contribution in [0.1, 0.15) is 24.2 Å². The number of para-hydroxylation sites is 2. The molecule has 0 saturated carbocycles. The topological polar surface area (TPSA) is 47.3 Å². The molecule has 0 atom stereocenters. The van der Waals surface area contributed by atoms with Crippen LogP contribution in [0.2, 0.25) is 0 Å². The van der Waals surface area contributed by atoms with Gasteiger partial charge in [0.25, 0.3) is 0 Å². The largest absolute Gasteiger partial charge is 0.494 e. The normalized spacial score (nSPS) is 11.1. The number of aliphatic hydroxyl groups is 1. The van der Waals surface area contributed by atoms with E-state index >= 15 is 0 Å². The molecule has 0 saturated heterocycles. The average Bonchev–Trinajstić information content (AvgIpc) is 2.94. The highest BCUT2D eigenvalue weighted by Crippen LogP contribution is 2.18. The Kier molecular flexibility index (Phi) is 5.49. The third-order valence-electron chi connectivity index (χ3n) is 4.13. The van der Waals surface area contributed by atoms with Crippen LogP contribution in [0, 0.1) is 6.92 Å². The number of aliphatic hydroxyl groups excluding tert-OH is 1. The number of nitrogens with zero attached hydrogens (tertiary/aromatic N) is 2. The van der Waals surface area contributed by atoms with Crippen molar-refractivity contribution < 1.29 is 9.84 Å². The third-order valence-corrected chi connectivity index (χ3v) is 4.13. The monoisotopic (exact) mass is 324 g/mol. The lowest BCUT2D eigenvalue weighted by molar-refractivity contribution is 0.292. The van der Waals surface area contributed by atoms with Crippen molar-refractivity contribution >= 4 is 11.0 Å². The Morgan fingerprint density at radius 2 is 1.83 bits per heavy atom. The number of hydrogen-bond donors (Lipinski definition) is 1. The first kappa shape index (κ1) is 16.5. The van der Waals surface area contributed by atoms with Gasteiger partial charge in [-0.3, -0.25) is 0 Å². The van der Waals surface area contributed by atoms with E-state index in [0.717, 1.165) is 42.0 Å². The lowest BCUT2D eigenvalue weighted by Gasteiger charge is -2.10. The molecule has 4 nitrogen and oxygen atoms in total. The van der Waals surface area contributed by atoms with Gasteiger partial charge in [0.2, 0.25) is 0 Å². The average molecular weight is 324 g/mol. The minimum absolute atomic E-state index is 0.125. The summed E-state index contributed by atoms with van der Waals surface area (Å²) in [5, 5.41) is 9.25. The van der Waals surface area contributed by atoms with Crippen LogP contribution in [0.15, 0.2) is 48.5 Å². The van der Waals surface area contributed by atoms with E-state index in [9.17, 15) is 5.11 Å². The predicted octanol–water partition coefficient (Wildman–Crippen LogP) is 3.74. The van der Waals surface area contributed by atoms with Crippen molar-refractivity contribution in [3.05, 3.63) is 59.9 Å². The summed E-state index contributed by atoms with van der Waals surface area (Å²) in [7, 11) is 0. The fourth-order valence-electron chi connectivity index (χ4n) is 2.86. The molecule has 1 aromatic heterocycles. The quantitative estimate of drug-likeness (QED) is 0.642.